The number of hydrogen-bond acceptors (Lipinski definition) is 6. The van der Waals surface area contributed by atoms with Gasteiger partial charge in [-0.2, -0.15) is 0 Å². The topological polar surface area (TPSA) is 93.1 Å². The first-order valence-electron chi connectivity index (χ1n) is 8.22. The summed E-state index contributed by atoms with van der Waals surface area (Å²) in [7, 11) is 0. The van der Waals surface area contributed by atoms with Gasteiger partial charge in [-0.3, -0.25) is 9.59 Å². The first kappa shape index (κ1) is 25.8. The fourth-order valence-electron chi connectivity index (χ4n) is 1.91. The monoisotopic (exact) mass is 322 g/mol. The summed E-state index contributed by atoms with van der Waals surface area (Å²) < 4.78 is 0. The van der Waals surface area contributed by atoms with Crippen LogP contribution < -0.4 is 0 Å². The van der Waals surface area contributed by atoms with Crippen LogP contribution in [0.5, 0.6) is 0 Å². The van der Waals surface area contributed by atoms with Gasteiger partial charge in [-0.1, -0.05) is 90.9 Å². The van der Waals surface area contributed by atoms with E-state index in [1.807, 2.05) is 0 Å². The van der Waals surface area contributed by atoms with E-state index in [0.717, 1.165) is 0 Å². The smallest absolute Gasteiger partial charge is 0.304 e. The molecular formula is C16H34O6. The van der Waals surface area contributed by atoms with E-state index in [-0.39, 0.29) is 12.9 Å². The normalized spacial score (nSPS) is 8.73. The maximum absolute atomic E-state index is 8.70. The zero-order chi connectivity index (χ0) is 17.3. The number of carbonyl (C=O) groups is 2. The highest BCUT2D eigenvalue weighted by atomic mass is 17.1. The van der Waals surface area contributed by atoms with E-state index < -0.39 is 0 Å². The van der Waals surface area contributed by atoms with Crippen molar-refractivity contribution in [1.29, 1.82) is 0 Å². The summed E-state index contributed by atoms with van der Waals surface area (Å²) in [6.45, 7) is 4.43. The molecule has 22 heavy (non-hydrogen) atoms. The SMILES string of the molecule is CCCCCCCCCCCCCC.O=COO.O=COO. The van der Waals surface area contributed by atoms with Crippen LogP contribution in [0.2, 0.25) is 0 Å². The average molecular weight is 322 g/mol. The Hall–Kier alpha value is -1.14. The minimum Gasteiger partial charge on any atom is -0.304 e. The number of carbonyl (C=O) groups excluding carboxylic acids is 2. The molecule has 0 rings (SSSR count). The molecule has 134 valence electrons. The summed E-state index contributed by atoms with van der Waals surface area (Å²) in [4.78, 5) is 23.1. The number of rotatable bonds is 13. The predicted molar refractivity (Wildman–Crippen MR) is 86.3 cm³/mol. The third-order valence-electron chi connectivity index (χ3n) is 3.04. The molecule has 0 unspecified atom stereocenters. The average Bonchev–Trinajstić information content (AvgIpc) is 2.57. The molecule has 0 spiro atoms. The highest BCUT2D eigenvalue weighted by molar-refractivity contribution is 5.35. The maximum Gasteiger partial charge on any atom is 0.330 e. The third-order valence-corrected chi connectivity index (χ3v) is 3.04. The van der Waals surface area contributed by atoms with Crippen molar-refractivity contribution in [3.05, 3.63) is 0 Å². The Kier molecular flexibility index (Phi) is 37.5. The number of hydrogen-bond donors (Lipinski definition) is 2. The molecule has 0 aromatic rings. The van der Waals surface area contributed by atoms with Crippen molar-refractivity contribution in [2.45, 2.75) is 90.9 Å². The van der Waals surface area contributed by atoms with Crippen molar-refractivity contribution in [3.63, 3.8) is 0 Å². The fraction of sp³-hybridized carbons (Fsp3) is 0.875. The molecule has 0 saturated carbocycles. The van der Waals surface area contributed by atoms with Gasteiger partial charge in [0.1, 0.15) is 0 Å². The van der Waals surface area contributed by atoms with Gasteiger partial charge in [0, 0.05) is 0 Å². The molecule has 0 aliphatic rings. The minimum atomic E-state index is -0.0694. The van der Waals surface area contributed by atoms with E-state index in [1.54, 1.807) is 0 Å². The molecule has 6 heteroatoms. The van der Waals surface area contributed by atoms with Crippen molar-refractivity contribution in [1.82, 2.24) is 0 Å². The van der Waals surface area contributed by atoms with Crippen LogP contribution in [0.15, 0.2) is 0 Å². The van der Waals surface area contributed by atoms with Crippen molar-refractivity contribution >= 4 is 12.9 Å². The second-order valence-electron chi connectivity index (χ2n) is 4.94. The Morgan fingerprint density at radius 3 is 0.909 bits per heavy atom. The van der Waals surface area contributed by atoms with Gasteiger partial charge in [0.05, 0.1) is 0 Å². The molecule has 0 radical (unpaired) electrons. The van der Waals surface area contributed by atoms with Gasteiger partial charge in [0.25, 0.3) is 0 Å². The van der Waals surface area contributed by atoms with Crippen LogP contribution in [0, 0.1) is 0 Å². The molecule has 0 aromatic heterocycles. The Bertz CT molecular complexity index is 167. The molecule has 0 aromatic carbocycles. The van der Waals surface area contributed by atoms with E-state index >= 15 is 0 Å². The lowest BCUT2D eigenvalue weighted by Crippen LogP contribution is -1.81. The van der Waals surface area contributed by atoms with Gasteiger partial charge in [0.2, 0.25) is 0 Å². The van der Waals surface area contributed by atoms with Crippen LogP contribution in [0.25, 0.3) is 0 Å². The summed E-state index contributed by atoms with van der Waals surface area (Å²) >= 11 is 0. The van der Waals surface area contributed by atoms with E-state index in [9.17, 15) is 0 Å². The molecule has 0 aliphatic heterocycles. The lowest BCUT2D eigenvalue weighted by Gasteiger charge is -2.01. The van der Waals surface area contributed by atoms with Gasteiger partial charge in [-0.15, -0.1) is 0 Å². The van der Waals surface area contributed by atoms with Crippen LogP contribution in [0.4, 0.5) is 0 Å². The molecule has 0 heterocycles. The first-order valence-corrected chi connectivity index (χ1v) is 8.22. The summed E-state index contributed by atoms with van der Waals surface area (Å²) in [5.41, 5.74) is 0. The van der Waals surface area contributed by atoms with E-state index in [4.69, 9.17) is 20.1 Å². The van der Waals surface area contributed by atoms with Crippen LogP contribution in [-0.4, -0.2) is 23.5 Å². The zero-order valence-corrected chi connectivity index (χ0v) is 14.2. The molecular weight excluding hydrogens is 288 g/mol. The molecule has 0 saturated heterocycles. The summed E-state index contributed by atoms with van der Waals surface area (Å²) in [5, 5.41) is 14.0. The Morgan fingerprint density at radius 2 is 0.773 bits per heavy atom. The van der Waals surface area contributed by atoms with Gasteiger partial charge in [0.15, 0.2) is 0 Å². The van der Waals surface area contributed by atoms with E-state index in [0.29, 0.717) is 0 Å². The molecule has 0 bridgehead atoms. The second-order valence-corrected chi connectivity index (χ2v) is 4.94. The van der Waals surface area contributed by atoms with E-state index in [2.05, 4.69) is 23.6 Å². The molecule has 0 amide bonds. The Labute approximate surface area is 134 Å². The Balaban J connectivity index is -0.000000372. The van der Waals surface area contributed by atoms with Crippen molar-refractivity contribution in [2.75, 3.05) is 0 Å². The fourth-order valence-corrected chi connectivity index (χ4v) is 1.91. The van der Waals surface area contributed by atoms with Crippen LogP contribution >= 0.6 is 0 Å². The molecule has 6 nitrogen and oxygen atoms in total. The molecule has 2 N–H and O–H groups in total. The van der Waals surface area contributed by atoms with Gasteiger partial charge in [-0.05, 0) is 0 Å². The first-order chi connectivity index (χ1) is 10.7. The zero-order valence-electron chi connectivity index (χ0n) is 14.2. The van der Waals surface area contributed by atoms with Crippen molar-refractivity contribution < 1.29 is 29.9 Å². The highest BCUT2D eigenvalue weighted by Gasteiger charge is 1.91. The lowest BCUT2D eigenvalue weighted by molar-refractivity contribution is -0.217. The molecule has 0 aliphatic carbocycles. The van der Waals surface area contributed by atoms with Gasteiger partial charge < -0.3 is 9.78 Å². The summed E-state index contributed by atoms with van der Waals surface area (Å²) in [6, 6.07) is 0. The van der Waals surface area contributed by atoms with Crippen LogP contribution in [-0.2, 0) is 19.4 Å². The lowest BCUT2D eigenvalue weighted by atomic mass is 10.1. The van der Waals surface area contributed by atoms with E-state index in [1.165, 1.54) is 77.0 Å². The van der Waals surface area contributed by atoms with Crippen molar-refractivity contribution in [2.24, 2.45) is 0 Å². The van der Waals surface area contributed by atoms with Crippen LogP contribution in [0.1, 0.15) is 90.9 Å². The summed E-state index contributed by atoms with van der Waals surface area (Å²) in [6.07, 6.45) is 17.4. The molecule has 0 atom stereocenters. The Morgan fingerprint density at radius 1 is 0.591 bits per heavy atom. The third kappa shape index (κ3) is 42.8. The maximum atomic E-state index is 8.70. The highest BCUT2D eigenvalue weighted by Crippen LogP contribution is 2.11. The second kappa shape index (κ2) is 32.0. The number of unbranched alkanes of at least 4 members (excludes halogenated alkanes) is 11. The standard InChI is InChI=1S/C14H30.2CH2O3/c1-3-5-7-9-11-13-14-12-10-8-6-4-2;2*2-1-4-3/h3-14H2,1-2H3;2*1,3H. The van der Waals surface area contributed by atoms with Crippen molar-refractivity contribution in [3.8, 4) is 0 Å². The van der Waals surface area contributed by atoms with Crippen LogP contribution in [0.3, 0.4) is 0 Å². The summed E-state index contributed by atoms with van der Waals surface area (Å²) in [5.74, 6) is 0. The van der Waals surface area contributed by atoms with Gasteiger partial charge >= 0.3 is 12.9 Å². The predicted octanol–water partition coefficient (Wildman–Crippen LogP) is 4.97. The molecule has 0 fully saturated rings. The minimum absolute atomic E-state index is 0.0694. The largest absolute Gasteiger partial charge is 0.330 e. The van der Waals surface area contributed by atoms with Gasteiger partial charge in [-0.25, -0.2) is 10.5 Å². The quantitative estimate of drug-likeness (QED) is 0.215.